The van der Waals surface area contributed by atoms with Crippen LogP contribution in [0.1, 0.15) is 52.4 Å². The number of unbranched alkanes of at least 4 members (excludes halogenated alkanes) is 2. The fourth-order valence-corrected chi connectivity index (χ4v) is 4.32. The first kappa shape index (κ1) is 28.8. The molecule has 0 spiro atoms. The van der Waals surface area contributed by atoms with Crippen LogP contribution in [0.5, 0.6) is 5.75 Å². The van der Waals surface area contributed by atoms with Gasteiger partial charge >= 0.3 is 0 Å². The van der Waals surface area contributed by atoms with Crippen LogP contribution in [0.3, 0.4) is 0 Å². The number of nitrogens with zero attached hydrogens (tertiary/aromatic N) is 3. The van der Waals surface area contributed by atoms with E-state index in [1.807, 2.05) is 18.2 Å². The molecule has 0 unspecified atom stereocenters. The first-order chi connectivity index (χ1) is 19.0. The van der Waals surface area contributed by atoms with Gasteiger partial charge in [-0.05, 0) is 69.0 Å². The average molecular weight is 554 g/mol. The number of halogens is 2. The van der Waals surface area contributed by atoms with Crippen molar-refractivity contribution in [1.82, 2.24) is 14.9 Å². The molecule has 4 rings (SSSR count). The second-order valence-corrected chi connectivity index (χ2v) is 10.4. The largest absolute Gasteiger partial charge is 0.491 e. The number of carbonyl (C=O) groups is 1. The normalized spacial score (nSPS) is 13.4. The number of hydrogen-bond acceptors (Lipinski definition) is 6. The van der Waals surface area contributed by atoms with Crippen LogP contribution in [0.2, 0.25) is 5.02 Å². The number of aromatic nitrogens is 2. The molecule has 1 aromatic heterocycles. The van der Waals surface area contributed by atoms with Crippen molar-refractivity contribution >= 4 is 45.6 Å². The summed E-state index contributed by atoms with van der Waals surface area (Å²) in [5.41, 5.74) is 1.78. The van der Waals surface area contributed by atoms with Crippen molar-refractivity contribution in [2.24, 2.45) is 5.92 Å². The lowest BCUT2D eigenvalue weighted by atomic mass is 10.1. The lowest BCUT2D eigenvalue weighted by Gasteiger charge is -2.20. The van der Waals surface area contributed by atoms with E-state index in [2.05, 4.69) is 39.3 Å². The molecular formula is C30H37ClFN5O2. The topological polar surface area (TPSA) is 79.4 Å². The summed E-state index contributed by atoms with van der Waals surface area (Å²) in [5, 5.41) is 6.86. The molecule has 0 radical (unpaired) electrons. The quantitative estimate of drug-likeness (QED) is 0.191. The second kappa shape index (κ2) is 14.2. The first-order valence-corrected chi connectivity index (χ1v) is 14.2. The Balaban J connectivity index is 1.54. The lowest BCUT2D eigenvalue weighted by molar-refractivity contribution is -0.111. The predicted molar refractivity (Wildman–Crippen MR) is 156 cm³/mol. The Morgan fingerprint density at radius 1 is 1.15 bits per heavy atom. The maximum atomic E-state index is 13.6. The van der Waals surface area contributed by atoms with Gasteiger partial charge in [0.2, 0.25) is 5.91 Å². The number of fused-ring (bicyclic) bond motifs is 1. The van der Waals surface area contributed by atoms with E-state index < -0.39 is 5.82 Å². The summed E-state index contributed by atoms with van der Waals surface area (Å²) in [6.45, 7) is 7.77. The molecule has 1 saturated carbocycles. The van der Waals surface area contributed by atoms with Crippen molar-refractivity contribution in [1.29, 1.82) is 0 Å². The molecule has 1 amide bonds. The summed E-state index contributed by atoms with van der Waals surface area (Å²) in [7, 11) is 0. The van der Waals surface area contributed by atoms with Crippen molar-refractivity contribution in [3.05, 3.63) is 59.7 Å². The number of ether oxygens (including phenoxy) is 1. The van der Waals surface area contributed by atoms with Gasteiger partial charge in [0.25, 0.3) is 0 Å². The Bertz CT molecular complexity index is 1290. The Hall–Kier alpha value is -3.23. The zero-order valence-electron chi connectivity index (χ0n) is 22.7. The molecule has 0 bridgehead atoms. The molecule has 208 valence electrons. The highest BCUT2D eigenvalue weighted by Crippen LogP contribution is 2.36. The molecule has 2 N–H and O–H groups in total. The maximum absolute atomic E-state index is 13.6. The van der Waals surface area contributed by atoms with Crippen molar-refractivity contribution in [2.45, 2.75) is 52.4 Å². The summed E-state index contributed by atoms with van der Waals surface area (Å²) in [4.78, 5) is 24.1. The van der Waals surface area contributed by atoms with E-state index in [4.69, 9.17) is 16.3 Å². The summed E-state index contributed by atoms with van der Waals surface area (Å²) < 4.78 is 19.7. The van der Waals surface area contributed by atoms with Gasteiger partial charge in [0.05, 0.1) is 22.8 Å². The number of benzene rings is 2. The highest BCUT2D eigenvalue weighted by molar-refractivity contribution is 6.31. The van der Waals surface area contributed by atoms with Crippen LogP contribution in [0.25, 0.3) is 10.9 Å². The first-order valence-electron chi connectivity index (χ1n) is 13.8. The Morgan fingerprint density at radius 2 is 1.92 bits per heavy atom. The van der Waals surface area contributed by atoms with Crippen LogP contribution < -0.4 is 15.4 Å². The van der Waals surface area contributed by atoms with Gasteiger partial charge in [0, 0.05) is 29.8 Å². The van der Waals surface area contributed by atoms with E-state index in [0.717, 1.165) is 58.2 Å². The van der Waals surface area contributed by atoms with Crippen molar-refractivity contribution in [2.75, 3.05) is 36.9 Å². The minimum Gasteiger partial charge on any atom is -0.491 e. The smallest absolute Gasteiger partial charge is 0.248 e. The second-order valence-electron chi connectivity index (χ2n) is 10.00. The fraction of sp³-hybridized carbons (Fsp3) is 0.433. The number of hydrogen-bond donors (Lipinski definition) is 2. The van der Waals surface area contributed by atoms with Crippen molar-refractivity contribution in [3.63, 3.8) is 0 Å². The number of amides is 1. The Kier molecular flexibility index (Phi) is 10.5. The van der Waals surface area contributed by atoms with Crippen LogP contribution >= 0.6 is 11.6 Å². The molecule has 2 aromatic carbocycles. The minimum atomic E-state index is -0.496. The Morgan fingerprint density at radius 3 is 2.62 bits per heavy atom. The van der Waals surface area contributed by atoms with E-state index in [1.54, 1.807) is 12.1 Å². The summed E-state index contributed by atoms with van der Waals surface area (Å²) in [6.07, 6.45) is 11.8. The van der Waals surface area contributed by atoms with Crippen LogP contribution in [-0.4, -0.2) is 47.0 Å². The van der Waals surface area contributed by atoms with E-state index in [0.29, 0.717) is 46.4 Å². The maximum Gasteiger partial charge on any atom is 0.248 e. The van der Waals surface area contributed by atoms with Gasteiger partial charge in [-0.15, -0.1) is 0 Å². The van der Waals surface area contributed by atoms with Gasteiger partial charge in [-0.3, -0.25) is 9.69 Å². The summed E-state index contributed by atoms with van der Waals surface area (Å²) in [6, 6.07) is 8.00. The monoisotopic (exact) mass is 553 g/mol. The van der Waals surface area contributed by atoms with Gasteiger partial charge in [-0.2, -0.15) is 0 Å². The third kappa shape index (κ3) is 8.63. The van der Waals surface area contributed by atoms with Gasteiger partial charge in [-0.25, -0.2) is 14.4 Å². The molecule has 1 heterocycles. The molecular weight excluding hydrogens is 517 g/mol. The molecule has 1 aliphatic rings. The number of rotatable bonds is 15. The molecule has 7 nitrogen and oxygen atoms in total. The minimum absolute atomic E-state index is 0.0109. The molecule has 0 atom stereocenters. The van der Waals surface area contributed by atoms with Gasteiger partial charge in [0.15, 0.2) is 0 Å². The van der Waals surface area contributed by atoms with E-state index in [9.17, 15) is 9.18 Å². The third-order valence-corrected chi connectivity index (χ3v) is 6.93. The molecule has 1 fully saturated rings. The number of carbonyl (C=O) groups excluding carboxylic acids is 1. The molecule has 3 aromatic rings. The van der Waals surface area contributed by atoms with Crippen LogP contribution in [0, 0.1) is 11.7 Å². The fourth-order valence-electron chi connectivity index (χ4n) is 4.14. The number of anilines is 3. The highest BCUT2D eigenvalue weighted by Gasteiger charge is 2.23. The molecule has 9 heteroatoms. The average Bonchev–Trinajstić information content (AvgIpc) is 3.76. The summed E-state index contributed by atoms with van der Waals surface area (Å²) in [5.74, 6) is 0.896. The van der Waals surface area contributed by atoms with Gasteiger partial charge < -0.3 is 15.4 Å². The van der Waals surface area contributed by atoms with E-state index in [1.165, 1.54) is 18.5 Å². The van der Waals surface area contributed by atoms with E-state index >= 15 is 0 Å². The van der Waals surface area contributed by atoms with E-state index in [-0.39, 0.29) is 10.9 Å². The predicted octanol–water partition coefficient (Wildman–Crippen LogP) is 7.35. The molecule has 39 heavy (non-hydrogen) atoms. The van der Waals surface area contributed by atoms with Crippen molar-refractivity contribution < 1.29 is 13.9 Å². The summed E-state index contributed by atoms with van der Waals surface area (Å²) >= 11 is 5.96. The Labute approximate surface area is 234 Å². The third-order valence-electron chi connectivity index (χ3n) is 6.64. The zero-order chi connectivity index (χ0) is 27.6. The van der Waals surface area contributed by atoms with Gasteiger partial charge in [0.1, 0.15) is 23.7 Å². The van der Waals surface area contributed by atoms with Crippen LogP contribution in [-0.2, 0) is 4.79 Å². The van der Waals surface area contributed by atoms with Crippen LogP contribution in [0.4, 0.5) is 21.6 Å². The number of nitrogens with one attached hydrogen (secondary N) is 2. The molecule has 0 saturated heterocycles. The highest BCUT2D eigenvalue weighted by atomic mass is 35.5. The van der Waals surface area contributed by atoms with Crippen molar-refractivity contribution in [3.8, 4) is 5.75 Å². The van der Waals surface area contributed by atoms with Gasteiger partial charge in [-0.1, -0.05) is 44.4 Å². The molecule has 0 aliphatic heterocycles. The standard InChI is InChI=1S/C30H37ClFN5O2/c1-3-5-13-37(14-6-4-2)15-7-8-29(38)36-27-17-23-26(18-28(27)39-19-21-9-10-21)33-20-34-30(23)35-22-11-12-25(32)24(31)16-22/h7-8,11-12,16-18,20-21H,3-6,9-10,13-15,19H2,1-2H3,(H,36,38)(H,33,34,35)/b8-7+. The molecule has 1 aliphatic carbocycles. The zero-order valence-corrected chi connectivity index (χ0v) is 23.4. The van der Waals surface area contributed by atoms with Crippen LogP contribution in [0.15, 0.2) is 48.8 Å². The lowest BCUT2D eigenvalue weighted by Crippen LogP contribution is -2.26. The SMILES string of the molecule is CCCCN(C/C=C/C(=O)Nc1cc2c(Nc3ccc(F)c(Cl)c3)ncnc2cc1OCC1CC1)CCCC.